The molecule has 0 radical (unpaired) electrons. The van der Waals surface area contributed by atoms with Crippen LogP contribution in [0.1, 0.15) is 11.3 Å². The van der Waals surface area contributed by atoms with Crippen LogP contribution in [0.4, 0.5) is 22.0 Å². The number of hydrogen-bond donors (Lipinski definition) is 1. The van der Waals surface area contributed by atoms with Crippen LogP contribution in [-0.2, 0) is 10.0 Å². The van der Waals surface area contributed by atoms with E-state index in [1.807, 2.05) is 0 Å². The highest BCUT2D eigenvalue weighted by Crippen LogP contribution is 2.39. The van der Waals surface area contributed by atoms with Gasteiger partial charge < -0.3 is 9.26 Å². The van der Waals surface area contributed by atoms with Crippen LogP contribution in [0, 0.1) is 25.5 Å². The molecule has 12 heteroatoms. The lowest BCUT2D eigenvalue weighted by atomic mass is 9.96. The van der Waals surface area contributed by atoms with Crippen LogP contribution in [0.15, 0.2) is 39.8 Å². The Morgan fingerprint density at radius 1 is 1.03 bits per heavy atom. The second kappa shape index (κ2) is 7.36. The van der Waals surface area contributed by atoms with E-state index in [1.54, 1.807) is 0 Å². The molecule has 1 aromatic heterocycles. The molecule has 0 unspecified atom stereocenters. The number of rotatable bonds is 4. The van der Waals surface area contributed by atoms with Gasteiger partial charge in [0.1, 0.15) is 33.7 Å². The van der Waals surface area contributed by atoms with E-state index in [0.29, 0.717) is 12.1 Å². The zero-order chi connectivity index (χ0) is 22.4. The van der Waals surface area contributed by atoms with Crippen LogP contribution in [0.3, 0.4) is 0 Å². The fraction of sp³-hybridized carbons (Fsp3) is 0.167. The Labute approximate surface area is 167 Å². The summed E-state index contributed by atoms with van der Waals surface area (Å²) in [6.07, 6.45) is -4.88. The molecule has 0 saturated carbocycles. The maximum absolute atomic E-state index is 14.6. The zero-order valence-corrected chi connectivity index (χ0v) is 16.2. The third kappa shape index (κ3) is 4.28. The number of nitrogens with two attached hydrogens (primary N) is 1. The molecule has 160 valence electrons. The summed E-state index contributed by atoms with van der Waals surface area (Å²) in [5.41, 5.74) is 0.217. The minimum Gasteiger partial charge on any atom is -0.406 e. The molecule has 2 N–H and O–H groups in total. The molecule has 3 rings (SSSR count). The molecular formula is C18H13F5N2O4S. The lowest BCUT2D eigenvalue weighted by Gasteiger charge is -2.12. The topological polar surface area (TPSA) is 95.4 Å². The highest BCUT2D eigenvalue weighted by Gasteiger charge is 2.31. The molecule has 0 bridgehead atoms. The van der Waals surface area contributed by atoms with Gasteiger partial charge in [0.05, 0.1) is 5.56 Å². The van der Waals surface area contributed by atoms with Crippen molar-refractivity contribution in [3.63, 3.8) is 0 Å². The van der Waals surface area contributed by atoms with Gasteiger partial charge in [-0.05, 0) is 49.7 Å². The molecule has 0 spiro atoms. The summed E-state index contributed by atoms with van der Waals surface area (Å²) in [7, 11) is -4.50. The van der Waals surface area contributed by atoms with Gasteiger partial charge in [0, 0.05) is 11.1 Å². The number of benzene rings is 2. The molecule has 0 amide bonds. The van der Waals surface area contributed by atoms with Gasteiger partial charge in [0.2, 0.25) is 10.0 Å². The lowest BCUT2D eigenvalue weighted by Crippen LogP contribution is -2.17. The van der Waals surface area contributed by atoms with Crippen molar-refractivity contribution < 1.29 is 39.6 Å². The molecule has 0 atom stereocenters. The fourth-order valence-corrected chi connectivity index (χ4v) is 3.51. The van der Waals surface area contributed by atoms with Crippen LogP contribution in [0.25, 0.3) is 22.4 Å². The largest absolute Gasteiger partial charge is 0.573 e. The van der Waals surface area contributed by atoms with Gasteiger partial charge in [-0.3, -0.25) is 0 Å². The Balaban J connectivity index is 2.15. The summed E-state index contributed by atoms with van der Waals surface area (Å²) >= 11 is 0. The summed E-state index contributed by atoms with van der Waals surface area (Å²) in [4.78, 5) is -1.02. The van der Waals surface area contributed by atoms with E-state index in [9.17, 15) is 30.4 Å². The first kappa shape index (κ1) is 21.7. The van der Waals surface area contributed by atoms with Crippen LogP contribution in [0.2, 0.25) is 0 Å². The Kier molecular flexibility index (Phi) is 5.33. The third-order valence-electron chi connectivity index (χ3n) is 4.15. The van der Waals surface area contributed by atoms with E-state index < -0.39 is 38.7 Å². The first-order valence-corrected chi connectivity index (χ1v) is 9.68. The number of halogens is 5. The first-order chi connectivity index (χ1) is 13.8. The van der Waals surface area contributed by atoms with Gasteiger partial charge in [-0.2, -0.15) is 0 Å². The Morgan fingerprint density at radius 2 is 1.70 bits per heavy atom. The van der Waals surface area contributed by atoms with Crippen molar-refractivity contribution in [1.82, 2.24) is 5.16 Å². The van der Waals surface area contributed by atoms with Crippen molar-refractivity contribution in [2.45, 2.75) is 25.1 Å². The van der Waals surface area contributed by atoms with Crippen LogP contribution >= 0.6 is 0 Å². The number of nitrogens with zero attached hydrogens (tertiary/aromatic N) is 1. The molecule has 0 fully saturated rings. The van der Waals surface area contributed by atoms with E-state index in [-0.39, 0.29) is 33.7 Å². The molecule has 0 aliphatic carbocycles. The summed E-state index contributed by atoms with van der Waals surface area (Å²) < 4.78 is 97.8. The number of primary sulfonamides is 1. The SMILES string of the molecule is Cc1cc(OC(F)(F)F)ccc1-c1noc(C)c1-c1cc(F)c(S(N)(=O)=O)cc1F. The maximum atomic E-state index is 14.6. The summed E-state index contributed by atoms with van der Waals surface area (Å²) in [5, 5.41) is 8.67. The molecule has 1 heterocycles. The van der Waals surface area contributed by atoms with E-state index in [2.05, 4.69) is 9.89 Å². The molecule has 6 nitrogen and oxygen atoms in total. The van der Waals surface area contributed by atoms with Crippen molar-refractivity contribution in [2.75, 3.05) is 0 Å². The molecule has 0 aliphatic rings. The van der Waals surface area contributed by atoms with E-state index in [4.69, 9.17) is 9.66 Å². The average Bonchev–Trinajstić information content (AvgIpc) is 2.95. The Morgan fingerprint density at radius 3 is 2.27 bits per heavy atom. The molecule has 0 aliphatic heterocycles. The lowest BCUT2D eigenvalue weighted by molar-refractivity contribution is -0.274. The van der Waals surface area contributed by atoms with Gasteiger partial charge in [-0.25, -0.2) is 22.3 Å². The smallest absolute Gasteiger partial charge is 0.406 e. The van der Waals surface area contributed by atoms with Gasteiger partial charge in [0.15, 0.2) is 0 Å². The number of sulfonamides is 1. The van der Waals surface area contributed by atoms with Crippen molar-refractivity contribution in [3.05, 3.63) is 53.3 Å². The monoisotopic (exact) mass is 448 g/mol. The van der Waals surface area contributed by atoms with Crippen molar-refractivity contribution in [2.24, 2.45) is 5.14 Å². The van der Waals surface area contributed by atoms with E-state index in [0.717, 1.165) is 12.1 Å². The van der Waals surface area contributed by atoms with Crippen LogP contribution in [-0.4, -0.2) is 19.9 Å². The normalized spacial score (nSPS) is 12.3. The molecule has 30 heavy (non-hydrogen) atoms. The van der Waals surface area contributed by atoms with E-state index >= 15 is 0 Å². The zero-order valence-electron chi connectivity index (χ0n) is 15.3. The van der Waals surface area contributed by atoms with E-state index in [1.165, 1.54) is 19.9 Å². The summed E-state index contributed by atoms with van der Waals surface area (Å²) in [6, 6.07) is 4.45. The molecule has 3 aromatic rings. The molecule has 0 saturated heterocycles. The Hall–Kier alpha value is -2.99. The second-order valence-electron chi connectivity index (χ2n) is 6.29. The number of ether oxygens (including phenoxy) is 1. The van der Waals surface area contributed by atoms with Crippen LogP contribution in [0.5, 0.6) is 5.75 Å². The van der Waals surface area contributed by atoms with Gasteiger partial charge in [-0.1, -0.05) is 5.16 Å². The number of alkyl halides is 3. The Bertz CT molecular complexity index is 1240. The van der Waals surface area contributed by atoms with Crippen molar-refractivity contribution in [1.29, 1.82) is 0 Å². The minimum absolute atomic E-state index is 0.0000378. The van der Waals surface area contributed by atoms with Crippen LogP contribution < -0.4 is 9.88 Å². The summed E-state index contributed by atoms with van der Waals surface area (Å²) in [6.45, 7) is 2.88. The average molecular weight is 448 g/mol. The maximum Gasteiger partial charge on any atom is 0.573 e. The first-order valence-electron chi connectivity index (χ1n) is 8.13. The van der Waals surface area contributed by atoms with Gasteiger partial charge in [0.25, 0.3) is 0 Å². The number of aryl methyl sites for hydroxylation is 2. The van der Waals surface area contributed by atoms with Gasteiger partial charge in [-0.15, -0.1) is 13.2 Å². The highest BCUT2D eigenvalue weighted by molar-refractivity contribution is 7.89. The van der Waals surface area contributed by atoms with Gasteiger partial charge >= 0.3 is 6.36 Å². The predicted octanol–water partition coefficient (Wildman–Crippen LogP) is 4.45. The standard InChI is InChI=1S/C18H13F5N2O4S/c1-8-5-10(28-18(21,22)23)3-4-11(8)17-16(9(2)29-25-17)12-6-14(20)15(7-13(12)19)30(24,26)27/h3-7H,1-2H3,(H2,24,26,27). The minimum atomic E-state index is -4.88. The number of hydrogen-bond acceptors (Lipinski definition) is 5. The molecular weight excluding hydrogens is 435 g/mol. The fourth-order valence-electron chi connectivity index (χ4n) is 2.91. The number of aromatic nitrogens is 1. The second-order valence-corrected chi connectivity index (χ2v) is 7.82. The van der Waals surface area contributed by atoms with Crippen molar-refractivity contribution >= 4 is 10.0 Å². The predicted molar refractivity (Wildman–Crippen MR) is 94.8 cm³/mol. The quantitative estimate of drug-likeness (QED) is 0.595. The highest BCUT2D eigenvalue weighted by atomic mass is 32.2. The third-order valence-corrected chi connectivity index (χ3v) is 5.07. The summed E-state index contributed by atoms with van der Waals surface area (Å²) in [5.74, 6) is -2.80. The molecule has 2 aromatic carbocycles. The van der Waals surface area contributed by atoms with Crippen molar-refractivity contribution in [3.8, 4) is 28.1 Å².